The third-order valence-corrected chi connectivity index (χ3v) is 4.54. The molecule has 1 N–H and O–H groups in total. The fraction of sp³-hybridized carbons (Fsp3) is 0.455. The summed E-state index contributed by atoms with van der Waals surface area (Å²) in [5.41, 5.74) is 0. The molecule has 20 heavy (non-hydrogen) atoms. The van der Waals surface area contributed by atoms with Crippen LogP contribution >= 0.6 is 34.7 Å². The van der Waals surface area contributed by atoms with E-state index in [1.54, 1.807) is 4.68 Å². The molecule has 0 aliphatic heterocycles. The molecule has 0 atom stereocenters. The van der Waals surface area contributed by atoms with Crippen molar-refractivity contribution in [3.05, 3.63) is 21.3 Å². The second kappa shape index (κ2) is 7.05. The summed E-state index contributed by atoms with van der Waals surface area (Å²) in [4.78, 5) is 12.8. The van der Waals surface area contributed by atoms with Gasteiger partial charge in [-0.05, 0) is 36.4 Å². The maximum absolute atomic E-state index is 11.8. The quantitative estimate of drug-likeness (QED) is 0.823. The minimum absolute atomic E-state index is 0.0576. The number of tetrazole rings is 1. The SMILES string of the molecule is CC(C)n1nnnc1SCC(=O)NCc1ccc(Cl)s1. The number of hydrogen-bond acceptors (Lipinski definition) is 6. The first kappa shape index (κ1) is 15.3. The number of rotatable bonds is 6. The number of halogens is 1. The second-order valence-electron chi connectivity index (χ2n) is 4.27. The molecule has 0 aromatic carbocycles. The highest BCUT2D eigenvalue weighted by Crippen LogP contribution is 2.21. The van der Waals surface area contributed by atoms with Crippen molar-refractivity contribution in [3.8, 4) is 0 Å². The van der Waals surface area contributed by atoms with Crippen LogP contribution in [0.4, 0.5) is 0 Å². The predicted molar refractivity (Wildman–Crippen MR) is 80.1 cm³/mol. The zero-order chi connectivity index (χ0) is 14.5. The molecule has 0 bridgehead atoms. The zero-order valence-corrected chi connectivity index (χ0v) is 13.4. The number of carbonyl (C=O) groups excluding carboxylic acids is 1. The molecule has 0 fully saturated rings. The summed E-state index contributed by atoms with van der Waals surface area (Å²) < 4.78 is 2.41. The minimum Gasteiger partial charge on any atom is -0.350 e. The molecule has 6 nitrogen and oxygen atoms in total. The van der Waals surface area contributed by atoms with Crippen molar-refractivity contribution >= 4 is 40.6 Å². The van der Waals surface area contributed by atoms with Crippen molar-refractivity contribution in [1.82, 2.24) is 25.5 Å². The summed E-state index contributed by atoms with van der Waals surface area (Å²) in [6.45, 7) is 4.47. The van der Waals surface area contributed by atoms with E-state index in [9.17, 15) is 4.79 Å². The van der Waals surface area contributed by atoms with Crippen LogP contribution in [0.1, 0.15) is 24.8 Å². The van der Waals surface area contributed by atoms with Crippen molar-refractivity contribution in [2.24, 2.45) is 0 Å². The number of thioether (sulfide) groups is 1. The average Bonchev–Trinajstić information content (AvgIpc) is 3.02. The molecular formula is C11H14ClN5OS2. The lowest BCUT2D eigenvalue weighted by Crippen LogP contribution is -2.24. The first-order valence-electron chi connectivity index (χ1n) is 5.98. The molecule has 2 rings (SSSR count). The third kappa shape index (κ3) is 4.19. The Hall–Kier alpha value is -1.12. The summed E-state index contributed by atoms with van der Waals surface area (Å²) in [6, 6.07) is 3.89. The van der Waals surface area contributed by atoms with Gasteiger partial charge in [-0.3, -0.25) is 4.79 Å². The van der Waals surface area contributed by atoms with Gasteiger partial charge in [-0.25, -0.2) is 4.68 Å². The maximum atomic E-state index is 11.8. The number of amides is 1. The van der Waals surface area contributed by atoms with E-state index in [2.05, 4.69) is 20.8 Å². The molecule has 2 aromatic heterocycles. The Labute approximate surface area is 129 Å². The van der Waals surface area contributed by atoms with Crippen LogP contribution in [-0.2, 0) is 11.3 Å². The minimum atomic E-state index is -0.0576. The highest BCUT2D eigenvalue weighted by molar-refractivity contribution is 7.99. The second-order valence-corrected chi connectivity index (χ2v) is 7.01. The van der Waals surface area contributed by atoms with Crippen LogP contribution in [0.5, 0.6) is 0 Å². The molecule has 0 spiro atoms. The molecule has 0 aliphatic carbocycles. The number of nitrogens with zero attached hydrogens (tertiary/aromatic N) is 4. The molecular weight excluding hydrogens is 318 g/mol. The van der Waals surface area contributed by atoms with Crippen molar-refractivity contribution < 1.29 is 4.79 Å². The van der Waals surface area contributed by atoms with Gasteiger partial charge in [-0.2, -0.15) is 0 Å². The Morgan fingerprint density at radius 3 is 3.00 bits per heavy atom. The molecule has 0 unspecified atom stereocenters. The van der Waals surface area contributed by atoms with Crippen molar-refractivity contribution in [1.29, 1.82) is 0 Å². The zero-order valence-electron chi connectivity index (χ0n) is 11.0. The Bertz CT molecular complexity index is 583. The van der Waals surface area contributed by atoms with Gasteiger partial charge in [0.05, 0.1) is 22.7 Å². The van der Waals surface area contributed by atoms with Crippen LogP contribution in [0, 0.1) is 0 Å². The Kier molecular flexibility index (Phi) is 5.38. The van der Waals surface area contributed by atoms with Crippen LogP contribution in [0.15, 0.2) is 17.3 Å². The molecule has 0 radical (unpaired) electrons. The van der Waals surface area contributed by atoms with E-state index < -0.39 is 0 Å². The van der Waals surface area contributed by atoms with E-state index in [-0.39, 0.29) is 17.7 Å². The summed E-state index contributed by atoms with van der Waals surface area (Å²) in [5.74, 6) is 0.226. The van der Waals surface area contributed by atoms with Crippen LogP contribution in [-0.4, -0.2) is 31.9 Å². The van der Waals surface area contributed by atoms with Crippen molar-refractivity contribution in [3.63, 3.8) is 0 Å². The molecule has 0 saturated carbocycles. The summed E-state index contributed by atoms with van der Waals surface area (Å²) in [5, 5.41) is 14.9. The highest BCUT2D eigenvalue weighted by Gasteiger charge is 2.12. The number of thiophene rings is 1. The van der Waals surface area contributed by atoms with Crippen molar-refractivity contribution in [2.45, 2.75) is 31.6 Å². The van der Waals surface area contributed by atoms with Gasteiger partial charge in [-0.15, -0.1) is 16.4 Å². The smallest absolute Gasteiger partial charge is 0.230 e. The van der Waals surface area contributed by atoms with E-state index in [0.29, 0.717) is 11.7 Å². The molecule has 108 valence electrons. The fourth-order valence-electron chi connectivity index (χ4n) is 1.42. The monoisotopic (exact) mass is 331 g/mol. The lowest BCUT2D eigenvalue weighted by atomic mass is 10.4. The normalized spacial score (nSPS) is 11.0. The van der Waals surface area contributed by atoms with Crippen LogP contribution in [0.3, 0.4) is 0 Å². The van der Waals surface area contributed by atoms with Gasteiger partial charge in [0.25, 0.3) is 0 Å². The van der Waals surface area contributed by atoms with Gasteiger partial charge in [0.2, 0.25) is 11.1 Å². The standard InChI is InChI=1S/C11H14ClN5OS2/c1-7(2)17-11(14-15-16-17)19-6-10(18)13-5-8-3-4-9(12)20-8/h3-4,7H,5-6H2,1-2H3,(H,13,18). The first-order valence-corrected chi connectivity index (χ1v) is 8.16. The lowest BCUT2D eigenvalue weighted by Gasteiger charge is -2.07. The molecule has 9 heteroatoms. The number of nitrogens with one attached hydrogen (secondary N) is 1. The lowest BCUT2D eigenvalue weighted by molar-refractivity contribution is -0.118. The number of hydrogen-bond donors (Lipinski definition) is 1. The topological polar surface area (TPSA) is 72.7 Å². The van der Waals surface area contributed by atoms with Gasteiger partial charge in [0.15, 0.2) is 0 Å². The van der Waals surface area contributed by atoms with Crippen LogP contribution in [0.2, 0.25) is 4.34 Å². The van der Waals surface area contributed by atoms with E-state index in [1.807, 2.05) is 26.0 Å². The van der Waals surface area contributed by atoms with Gasteiger partial charge in [0, 0.05) is 4.88 Å². The molecule has 0 aliphatic rings. The van der Waals surface area contributed by atoms with Crippen molar-refractivity contribution in [2.75, 3.05) is 5.75 Å². The summed E-state index contributed by atoms with van der Waals surface area (Å²) >= 11 is 8.61. The maximum Gasteiger partial charge on any atom is 0.230 e. The van der Waals surface area contributed by atoms with Crippen LogP contribution in [0.25, 0.3) is 0 Å². The number of aromatic nitrogens is 4. The summed E-state index contributed by atoms with van der Waals surface area (Å²) in [7, 11) is 0. The van der Waals surface area contributed by atoms with Gasteiger partial charge >= 0.3 is 0 Å². The average molecular weight is 332 g/mol. The number of carbonyl (C=O) groups is 1. The first-order chi connectivity index (χ1) is 9.56. The molecule has 1 amide bonds. The Morgan fingerprint density at radius 2 is 2.35 bits per heavy atom. The Balaban J connectivity index is 1.79. The summed E-state index contributed by atoms with van der Waals surface area (Å²) in [6.07, 6.45) is 0. The highest BCUT2D eigenvalue weighted by atomic mass is 35.5. The van der Waals surface area contributed by atoms with E-state index >= 15 is 0 Å². The van der Waals surface area contributed by atoms with E-state index in [4.69, 9.17) is 11.6 Å². The fourth-order valence-corrected chi connectivity index (χ4v) is 3.28. The van der Waals surface area contributed by atoms with E-state index in [0.717, 1.165) is 9.21 Å². The Morgan fingerprint density at radius 1 is 1.55 bits per heavy atom. The largest absolute Gasteiger partial charge is 0.350 e. The third-order valence-electron chi connectivity index (χ3n) is 2.37. The molecule has 2 aromatic rings. The predicted octanol–water partition coefficient (Wildman–Crippen LogP) is 2.38. The van der Waals surface area contributed by atoms with Gasteiger partial charge in [-0.1, -0.05) is 23.4 Å². The van der Waals surface area contributed by atoms with Gasteiger partial charge in [0.1, 0.15) is 0 Å². The van der Waals surface area contributed by atoms with Gasteiger partial charge < -0.3 is 5.32 Å². The molecule has 0 saturated heterocycles. The molecule has 2 heterocycles. The van der Waals surface area contributed by atoms with E-state index in [1.165, 1.54) is 23.1 Å². The van der Waals surface area contributed by atoms with Crippen LogP contribution < -0.4 is 5.32 Å².